The fourth-order valence-electron chi connectivity index (χ4n) is 5.72. The zero-order valence-electron chi connectivity index (χ0n) is 25.5. The summed E-state index contributed by atoms with van der Waals surface area (Å²) in [5.41, 5.74) is 1.11. The normalized spacial score (nSPS) is 34.8. The molecule has 0 radical (unpaired) electrons. The van der Waals surface area contributed by atoms with E-state index < -0.39 is 34.2 Å². The molecule has 8 atom stereocenters. The van der Waals surface area contributed by atoms with Crippen LogP contribution in [0.5, 0.6) is 0 Å². The lowest BCUT2D eigenvalue weighted by atomic mass is 9.97. The van der Waals surface area contributed by atoms with Crippen LogP contribution < -0.4 is 15.3 Å². The van der Waals surface area contributed by atoms with E-state index in [1.165, 1.54) is 0 Å². The van der Waals surface area contributed by atoms with Crippen LogP contribution in [0.2, 0.25) is 39.3 Å². The third-order valence-electron chi connectivity index (χ3n) is 7.25. The summed E-state index contributed by atoms with van der Waals surface area (Å²) in [6.45, 7) is 17.3. The molecule has 8 nitrogen and oxygen atoms in total. The van der Waals surface area contributed by atoms with Gasteiger partial charge in [0.05, 0.1) is 12.2 Å². The molecular formula is C28H45NO7Si4. The Balaban J connectivity index is 1.49. The first-order valence-electron chi connectivity index (χ1n) is 14.2. The number of rotatable bonds is 9. The van der Waals surface area contributed by atoms with Crippen molar-refractivity contribution in [2.24, 2.45) is 0 Å². The van der Waals surface area contributed by atoms with E-state index in [4.69, 9.17) is 30.7 Å². The zero-order valence-corrected chi connectivity index (χ0v) is 29.5. The third-order valence-corrected chi connectivity index (χ3v) is 16.9. The van der Waals surface area contributed by atoms with Gasteiger partial charge in [-0.15, -0.1) is 0 Å². The molecule has 2 aromatic carbocycles. The van der Waals surface area contributed by atoms with Crippen molar-refractivity contribution in [3.8, 4) is 0 Å². The molecule has 0 amide bonds. The number of fused-ring (bicyclic) bond motifs is 2. The maximum absolute atomic E-state index is 7.02. The molecule has 3 aliphatic rings. The van der Waals surface area contributed by atoms with Crippen molar-refractivity contribution in [1.29, 1.82) is 0 Å². The Morgan fingerprint density at radius 2 is 1.35 bits per heavy atom. The Morgan fingerprint density at radius 1 is 0.725 bits per heavy atom. The van der Waals surface area contributed by atoms with Crippen LogP contribution in [0, 0.1) is 0 Å². The minimum Gasteiger partial charge on any atom is -0.413 e. The van der Waals surface area contributed by atoms with Crippen LogP contribution >= 0.6 is 0 Å². The van der Waals surface area contributed by atoms with E-state index in [0.717, 1.165) is 16.1 Å². The lowest BCUT2D eigenvalue weighted by molar-refractivity contribution is -0.0703. The number of hydrogen-bond acceptors (Lipinski definition) is 8. The highest BCUT2D eigenvalue weighted by molar-refractivity contribution is 6.86. The van der Waals surface area contributed by atoms with Crippen molar-refractivity contribution in [1.82, 2.24) is 0 Å². The van der Waals surface area contributed by atoms with Crippen LogP contribution in [0.25, 0.3) is 0 Å². The number of nitrogens with zero attached hydrogens (tertiary/aromatic N) is 1. The van der Waals surface area contributed by atoms with Gasteiger partial charge in [-0.2, -0.15) is 0 Å². The molecule has 12 heteroatoms. The van der Waals surface area contributed by atoms with E-state index in [0.29, 0.717) is 0 Å². The molecule has 3 saturated heterocycles. The summed E-state index contributed by atoms with van der Waals surface area (Å²) in [4.78, 5) is 2.08. The fraction of sp³-hybridized carbons (Fsp3) is 0.571. The lowest BCUT2D eigenvalue weighted by Gasteiger charge is -2.38. The smallest absolute Gasteiger partial charge is 0.413 e. The molecule has 40 heavy (non-hydrogen) atoms. The summed E-state index contributed by atoms with van der Waals surface area (Å²) in [6, 6.07) is 18.4. The van der Waals surface area contributed by atoms with E-state index in [-0.39, 0.29) is 36.6 Å². The Hall–Kier alpha value is -1.17. The van der Waals surface area contributed by atoms with Gasteiger partial charge in [0.1, 0.15) is 24.4 Å². The second-order valence-electron chi connectivity index (χ2n) is 13.2. The first-order valence-corrected chi connectivity index (χ1v) is 24.5. The molecule has 3 fully saturated rings. The van der Waals surface area contributed by atoms with Gasteiger partial charge in [-0.3, -0.25) is 0 Å². The van der Waals surface area contributed by atoms with Gasteiger partial charge in [-0.25, -0.2) is 0 Å². The van der Waals surface area contributed by atoms with Gasteiger partial charge in [0.15, 0.2) is 16.6 Å². The van der Waals surface area contributed by atoms with Crippen molar-refractivity contribution in [3.63, 3.8) is 0 Å². The highest BCUT2D eigenvalue weighted by atomic mass is 28.5. The Morgan fingerprint density at radius 3 is 1.93 bits per heavy atom. The number of benzene rings is 2. The Labute approximate surface area is 243 Å². The second kappa shape index (κ2) is 10.8. The highest BCUT2D eigenvalue weighted by Crippen LogP contribution is 2.44. The minimum atomic E-state index is -3.26. The van der Waals surface area contributed by atoms with Crippen molar-refractivity contribution < 1.29 is 30.7 Å². The molecule has 0 aromatic heterocycles. The SMILES string of the molecule is CC(O[Si](C)(C)C)C1O[Si]2(c3ccccc3)OC1C(C1O[Si](O[Si](C)(C)C)(c3ccc(N(C)C)cc3)OC1C)O2. The maximum Gasteiger partial charge on any atom is 0.538 e. The van der Waals surface area contributed by atoms with Crippen molar-refractivity contribution in [3.05, 3.63) is 54.6 Å². The molecule has 8 unspecified atom stereocenters. The zero-order chi connectivity index (χ0) is 29.1. The van der Waals surface area contributed by atoms with Crippen LogP contribution in [0.4, 0.5) is 5.69 Å². The molecule has 3 heterocycles. The van der Waals surface area contributed by atoms with Gasteiger partial charge in [-0.05, 0) is 65.3 Å². The summed E-state index contributed by atoms with van der Waals surface area (Å²) in [6.07, 6.45) is -1.72. The maximum atomic E-state index is 7.02. The molecule has 0 N–H and O–H groups in total. The summed E-state index contributed by atoms with van der Waals surface area (Å²) < 4.78 is 47.4. The first kappa shape index (κ1) is 30.3. The van der Waals surface area contributed by atoms with E-state index in [9.17, 15) is 0 Å². The fourth-order valence-corrected chi connectivity index (χ4v) is 16.4. The van der Waals surface area contributed by atoms with Gasteiger partial charge < -0.3 is 35.6 Å². The largest absolute Gasteiger partial charge is 0.538 e. The van der Waals surface area contributed by atoms with Crippen molar-refractivity contribution in [2.75, 3.05) is 19.0 Å². The standard InChI is InChI=1S/C28H45NO7Si4/c1-20(30-37(5,6)7)25-27-28(35-39(32-25,34-27)23-14-12-11-13-15-23)26-21(2)31-40(33-26,36-38(8,9)10)24-18-16-22(17-19-24)29(3)4/h11-21,25-28H,1-10H3. The van der Waals surface area contributed by atoms with E-state index in [1.54, 1.807) is 0 Å². The monoisotopic (exact) mass is 619 g/mol. The topological polar surface area (TPSA) is 67.9 Å². The predicted molar refractivity (Wildman–Crippen MR) is 166 cm³/mol. The molecule has 2 bridgehead atoms. The average molecular weight is 620 g/mol. The first-order chi connectivity index (χ1) is 18.6. The highest BCUT2D eigenvalue weighted by Gasteiger charge is 2.70. The predicted octanol–water partition coefficient (Wildman–Crippen LogP) is 3.82. The van der Waals surface area contributed by atoms with Gasteiger partial charge in [0, 0.05) is 30.2 Å². The van der Waals surface area contributed by atoms with Crippen LogP contribution in [0.1, 0.15) is 13.8 Å². The third kappa shape index (κ3) is 5.99. The van der Waals surface area contributed by atoms with Crippen molar-refractivity contribution in [2.45, 2.75) is 89.8 Å². The van der Waals surface area contributed by atoms with Gasteiger partial charge in [0.2, 0.25) is 0 Å². The molecule has 0 saturated carbocycles. The molecule has 3 aliphatic heterocycles. The quantitative estimate of drug-likeness (QED) is 0.393. The Kier molecular flexibility index (Phi) is 8.20. The van der Waals surface area contributed by atoms with Crippen LogP contribution in [-0.4, -0.2) is 85.0 Å². The summed E-state index contributed by atoms with van der Waals surface area (Å²) in [5.74, 6) is 0. The van der Waals surface area contributed by atoms with E-state index >= 15 is 0 Å². The number of hydrogen-bond donors (Lipinski definition) is 0. The van der Waals surface area contributed by atoms with Gasteiger partial charge >= 0.3 is 17.6 Å². The molecular weight excluding hydrogens is 575 g/mol. The van der Waals surface area contributed by atoms with Crippen LogP contribution in [-0.2, 0) is 30.7 Å². The average Bonchev–Trinajstić information content (AvgIpc) is 3.53. The van der Waals surface area contributed by atoms with Crippen LogP contribution in [0.15, 0.2) is 54.6 Å². The molecule has 5 rings (SSSR count). The van der Waals surface area contributed by atoms with Gasteiger partial charge in [-0.1, -0.05) is 42.5 Å². The summed E-state index contributed by atoms with van der Waals surface area (Å²) in [5, 5.41) is 1.93. The van der Waals surface area contributed by atoms with E-state index in [2.05, 4.69) is 82.3 Å². The van der Waals surface area contributed by atoms with Crippen LogP contribution in [0.3, 0.4) is 0 Å². The molecule has 2 aromatic rings. The summed E-state index contributed by atoms with van der Waals surface area (Å²) >= 11 is 0. The summed E-state index contributed by atoms with van der Waals surface area (Å²) in [7, 11) is -6.25. The lowest BCUT2D eigenvalue weighted by Crippen LogP contribution is -2.61. The Bertz CT molecular complexity index is 1180. The number of anilines is 1. The van der Waals surface area contributed by atoms with E-state index in [1.807, 2.05) is 44.4 Å². The molecule has 0 aliphatic carbocycles. The van der Waals surface area contributed by atoms with Gasteiger partial charge in [0.25, 0.3) is 0 Å². The second-order valence-corrected chi connectivity index (χ2v) is 27.3. The van der Waals surface area contributed by atoms with Crippen molar-refractivity contribution >= 4 is 50.3 Å². The molecule has 0 spiro atoms. The molecule has 220 valence electrons. The minimum absolute atomic E-state index is 0.141.